The number of carbonyl (C=O) groups excluding carboxylic acids is 4. The first-order valence-corrected chi connectivity index (χ1v) is 9.40. The summed E-state index contributed by atoms with van der Waals surface area (Å²) in [5, 5.41) is 12.1. The Morgan fingerprint density at radius 2 is 1.86 bits per heavy atom. The van der Waals surface area contributed by atoms with E-state index in [1.807, 2.05) is 50.3 Å². The summed E-state index contributed by atoms with van der Waals surface area (Å²) in [5.74, 6) is -3.61. The minimum atomic E-state index is -0.886. The van der Waals surface area contributed by atoms with Crippen LogP contribution in [-0.4, -0.2) is 40.5 Å². The number of amides is 5. The number of allylic oxidation sites excluding steroid dienone is 1. The number of nitrogens with one attached hydrogen (secondary N) is 3. The summed E-state index contributed by atoms with van der Waals surface area (Å²) in [4.78, 5) is 48.6. The maximum Gasteiger partial charge on any atom is 0.343 e. The van der Waals surface area contributed by atoms with Gasteiger partial charge in [0.2, 0.25) is 11.8 Å². The van der Waals surface area contributed by atoms with Crippen molar-refractivity contribution in [3.05, 3.63) is 42.0 Å². The van der Waals surface area contributed by atoms with Crippen molar-refractivity contribution < 1.29 is 24.4 Å². The lowest BCUT2D eigenvalue weighted by Crippen LogP contribution is -2.51. The number of imide groups is 1. The predicted octanol–water partition coefficient (Wildman–Crippen LogP) is 1.46. The highest BCUT2D eigenvalue weighted by molar-refractivity contribution is 6.03. The molecule has 2 rings (SSSR count). The van der Waals surface area contributed by atoms with Gasteiger partial charge in [-0.25, -0.2) is 10.3 Å². The molecule has 1 saturated heterocycles. The zero-order valence-electron chi connectivity index (χ0n) is 16.4. The van der Waals surface area contributed by atoms with Gasteiger partial charge in [0, 0.05) is 0 Å². The molecule has 0 radical (unpaired) electrons. The van der Waals surface area contributed by atoms with E-state index >= 15 is 0 Å². The van der Waals surface area contributed by atoms with Crippen LogP contribution >= 0.6 is 0 Å². The van der Waals surface area contributed by atoms with Gasteiger partial charge in [-0.1, -0.05) is 56.3 Å². The zero-order chi connectivity index (χ0) is 21.4. The lowest BCUT2D eigenvalue weighted by Gasteiger charge is -2.27. The third kappa shape index (κ3) is 6.15. The second-order valence-electron chi connectivity index (χ2n) is 7.23. The summed E-state index contributed by atoms with van der Waals surface area (Å²) in [6.45, 7) is 3.58. The monoisotopic (exact) mass is 402 g/mol. The number of hydrogen-bond donors (Lipinski definition) is 4. The Labute approximate surface area is 169 Å². The van der Waals surface area contributed by atoms with E-state index in [-0.39, 0.29) is 18.9 Å². The average Bonchev–Trinajstić information content (AvgIpc) is 3.01. The Balaban J connectivity index is 2.19. The molecular weight excluding hydrogens is 376 g/mol. The Hall–Kier alpha value is -3.20. The first kappa shape index (κ1) is 22.1. The third-order valence-electron chi connectivity index (χ3n) is 4.56. The van der Waals surface area contributed by atoms with Crippen molar-refractivity contribution in [1.82, 2.24) is 21.2 Å². The van der Waals surface area contributed by atoms with E-state index in [4.69, 9.17) is 0 Å². The maximum absolute atomic E-state index is 12.9. The van der Waals surface area contributed by atoms with E-state index in [0.29, 0.717) is 11.4 Å². The van der Waals surface area contributed by atoms with Crippen LogP contribution in [0.1, 0.15) is 32.3 Å². The highest BCUT2D eigenvalue weighted by atomic mass is 16.5. The summed E-state index contributed by atoms with van der Waals surface area (Å²) in [6, 6.07) is 8.72. The number of hydrogen-bond acceptors (Lipinski definition) is 5. The molecule has 1 heterocycles. The van der Waals surface area contributed by atoms with Crippen molar-refractivity contribution in [2.45, 2.75) is 26.7 Å². The van der Waals surface area contributed by atoms with E-state index in [2.05, 4.69) is 10.7 Å². The van der Waals surface area contributed by atoms with Gasteiger partial charge in [0.1, 0.15) is 6.54 Å². The van der Waals surface area contributed by atoms with Crippen molar-refractivity contribution in [1.29, 1.82) is 0 Å². The number of hydrazine groups is 1. The molecule has 4 N–H and O–H groups in total. The van der Waals surface area contributed by atoms with Crippen LogP contribution in [0.5, 0.6) is 0 Å². The lowest BCUT2D eigenvalue weighted by atomic mass is 9.82. The highest BCUT2D eigenvalue weighted by Gasteiger charge is 2.37. The molecule has 0 aromatic heterocycles. The first-order valence-electron chi connectivity index (χ1n) is 9.40. The molecule has 9 heteroatoms. The van der Waals surface area contributed by atoms with Gasteiger partial charge in [0.05, 0.1) is 11.8 Å². The van der Waals surface area contributed by atoms with Crippen LogP contribution in [0, 0.1) is 17.8 Å². The molecule has 0 saturated carbocycles. The van der Waals surface area contributed by atoms with E-state index < -0.39 is 35.6 Å². The van der Waals surface area contributed by atoms with Crippen LogP contribution in [0.3, 0.4) is 0 Å². The SMILES string of the molecule is CC(C)C[C@@H](C(=O)NN1C(=O)CNC1=O)C(C/C=C/c1ccccc1)C(=O)NO. The summed E-state index contributed by atoms with van der Waals surface area (Å²) >= 11 is 0. The van der Waals surface area contributed by atoms with Crippen LogP contribution in [0.2, 0.25) is 0 Å². The average molecular weight is 402 g/mol. The van der Waals surface area contributed by atoms with Crippen molar-refractivity contribution in [2.24, 2.45) is 17.8 Å². The van der Waals surface area contributed by atoms with Gasteiger partial charge in [-0.05, 0) is 24.3 Å². The molecule has 2 atom stereocenters. The number of urea groups is 1. The first-order chi connectivity index (χ1) is 13.8. The molecule has 5 amide bonds. The van der Waals surface area contributed by atoms with Gasteiger partial charge in [-0.2, -0.15) is 5.01 Å². The number of benzene rings is 1. The summed E-state index contributed by atoms with van der Waals surface area (Å²) in [6.07, 6.45) is 4.09. The molecule has 1 unspecified atom stereocenters. The number of nitrogens with zero attached hydrogens (tertiary/aromatic N) is 1. The standard InChI is InChI=1S/C20H26N4O5/c1-13(2)11-16(18(26)22-24-17(25)12-21-20(24)28)15(19(27)23-29)10-6-9-14-7-4-3-5-8-14/h3-9,13,15-16,29H,10-12H2,1-2H3,(H,21,28)(H,22,26)(H,23,27)/b9-6+/t15?,16-/m1/s1. The topological polar surface area (TPSA) is 128 Å². The van der Waals surface area contributed by atoms with Gasteiger partial charge in [0.25, 0.3) is 5.91 Å². The molecule has 1 aromatic carbocycles. The maximum atomic E-state index is 12.9. The minimum absolute atomic E-state index is 0.0564. The molecular formula is C20H26N4O5. The van der Waals surface area contributed by atoms with Crippen molar-refractivity contribution in [3.63, 3.8) is 0 Å². The van der Waals surface area contributed by atoms with Crippen LogP contribution in [0.15, 0.2) is 36.4 Å². The van der Waals surface area contributed by atoms with Gasteiger partial charge < -0.3 is 5.32 Å². The fraction of sp³-hybridized carbons (Fsp3) is 0.400. The largest absolute Gasteiger partial charge is 0.343 e. The van der Waals surface area contributed by atoms with Gasteiger partial charge in [0.15, 0.2) is 0 Å². The molecule has 1 fully saturated rings. The second kappa shape index (κ2) is 10.4. The fourth-order valence-electron chi connectivity index (χ4n) is 3.14. The normalized spacial score (nSPS) is 16.1. The highest BCUT2D eigenvalue weighted by Crippen LogP contribution is 2.25. The number of rotatable bonds is 9. The van der Waals surface area contributed by atoms with Gasteiger partial charge in [-0.3, -0.25) is 25.0 Å². The van der Waals surface area contributed by atoms with Crippen LogP contribution in [0.25, 0.3) is 6.08 Å². The molecule has 0 spiro atoms. The van der Waals surface area contributed by atoms with Crippen molar-refractivity contribution in [2.75, 3.05) is 6.54 Å². The van der Waals surface area contributed by atoms with Crippen LogP contribution in [0.4, 0.5) is 4.79 Å². The molecule has 156 valence electrons. The van der Waals surface area contributed by atoms with E-state index in [9.17, 15) is 24.4 Å². The Morgan fingerprint density at radius 3 is 2.41 bits per heavy atom. The molecule has 29 heavy (non-hydrogen) atoms. The Morgan fingerprint density at radius 1 is 1.17 bits per heavy atom. The zero-order valence-corrected chi connectivity index (χ0v) is 16.4. The van der Waals surface area contributed by atoms with Crippen LogP contribution in [-0.2, 0) is 14.4 Å². The third-order valence-corrected chi connectivity index (χ3v) is 4.56. The summed E-state index contributed by atoms with van der Waals surface area (Å²) < 4.78 is 0. The quantitative estimate of drug-likeness (QED) is 0.282. The Bertz CT molecular complexity index is 762. The predicted molar refractivity (Wildman–Crippen MR) is 105 cm³/mol. The molecule has 1 aliphatic heterocycles. The van der Waals surface area contributed by atoms with Crippen molar-refractivity contribution >= 4 is 29.8 Å². The van der Waals surface area contributed by atoms with E-state index in [1.165, 1.54) is 0 Å². The molecule has 9 nitrogen and oxygen atoms in total. The van der Waals surface area contributed by atoms with Gasteiger partial charge >= 0.3 is 6.03 Å². The number of carbonyl (C=O) groups is 4. The fourth-order valence-corrected chi connectivity index (χ4v) is 3.14. The smallest absolute Gasteiger partial charge is 0.327 e. The lowest BCUT2D eigenvalue weighted by molar-refractivity contribution is -0.144. The van der Waals surface area contributed by atoms with Gasteiger partial charge in [-0.15, -0.1) is 0 Å². The Kier molecular flexibility index (Phi) is 7.90. The summed E-state index contributed by atoms with van der Waals surface area (Å²) in [7, 11) is 0. The molecule has 1 aliphatic rings. The van der Waals surface area contributed by atoms with Crippen molar-refractivity contribution in [3.8, 4) is 0 Å². The number of hydroxylamine groups is 1. The molecule has 0 bridgehead atoms. The van der Waals surface area contributed by atoms with Crippen LogP contribution < -0.4 is 16.2 Å². The summed E-state index contributed by atoms with van der Waals surface area (Å²) in [5.41, 5.74) is 4.85. The minimum Gasteiger partial charge on any atom is -0.327 e. The van der Waals surface area contributed by atoms with E-state index in [0.717, 1.165) is 5.56 Å². The second-order valence-corrected chi connectivity index (χ2v) is 7.23. The van der Waals surface area contributed by atoms with E-state index in [1.54, 1.807) is 11.6 Å². The molecule has 1 aromatic rings. The molecule has 0 aliphatic carbocycles.